The second-order valence-electron chi connectivity index (χ2n) is 6.72. The highest BCUT2D eigenvalue weighted by Gasteiger charge is 2.24. The zero-order valence-electron chi connectivity index (χ0n) is 16.7. The molecule has 0 bridgehead atoms. The van der Waals surface area contributed by atoms with Gasteiger partial charge in [-0.2, -0.15) is 0 Å². The Kier molecular flexibility index (Phi) is 5.81. The first-order valence-corrected chi connectivity index (χ1v) is 12.5. The van der Waals surface area contributed by atoms with Crippen LogP contribution < -0.4 is 10.1 Å². The Morgan fingerprint density at radius 1 is 1.12 bits per heavy atom. The number of nitrogens with zero attached hydrogens (tertiary/aromatic N) is 6. The van der Waals surface area contributed by atoms with Gasteiger partial charge in [0.25, 0.3) is 5.69 Å². The van der Waals surface area contributed by atoms with Crippen LogP contribution in [0.2, 0.25) is 0 Å². The van der Waals surface area contributed by atoms with Crippen LogP contribution in [0.25, 0.3) is 11.0 Å². The fourth-order valence-corrected chi connectivity index (χ4v) is 6.13. The van der Waals surface area contributed by atoms with Gasteiger partial charge < -0.3 is 5.32 Å². The summed E-state index contributed by atoms with van der Waals surface area (Å²) in [5.41, 5.74) is 2.06. The number of nitrogens with one attached hydrogen (secondary N) is 2. The molecule has 0 aliphatic rings. The van der Waals surface area contributed by atoms with Gasteiger partial charge in [0.05, 0.1) is 15.3 Å². The molecule has 0 saturated carbocycles. The molecule has 33 heavy (non-hydrogen) atoms. The van der Waals surface area contributed by atoms with Crippen LogP contribution in [0.15, 0.2) is 76.1 Å². The normalized spacial score (nSPS) is 12.0. The molecule has 0 fully saturated rings. The molecule has 0 amide bonds. The van der Waals surface area contributed by atoms with Gasteiger partial charge in [-0.3, -0.25) is 15.5 Å². The molecule has 10 nitrogen and oxygen atoms in total. The van der Waals surface area contributed by atoms with Gasteiger partial charge in [0.2, 0.25) is 4.80 Å². The molecule has 1 unspecified atom stereocenters. The van der Waals surface area contributed by atoms with Crippen LogP contribution in [0.4, 0.5) is 11.5 Å². The van der Waals surface area contributed by atoms with Crippen LogP contribution in [0.5, 0.6) is 0 Å². The number of rotatable bonds is 7. The molecule has 3 heterocycles. The lowest BCUT2D eigenvalue weighted by Crippen LogP contribution is -2.21. The second-order valence-corrected chi connectivity index (χ2v) is 10.1. The van der Waals surface area contributed by atoms with E-state index in [0.29, 0.717) is 26.1 Å². The standard InChI is InChI=1S/C20H14N8O2S3/c21-19-24-20(33-32-19)31-16-9-8-12(11-15(16)28(29)30)18(23-17-7-3-4-10-22-17)27-14-6-2-1-5-13(14)25-26-27/h1-11,18,21H,(H,22,23). The zero-order chi connectivity index (χ0) is 22.8. The monoisotopic (exact) mass is 494 g/mol. The van der Waals surface area contributed by atoms with Crippen LogP contribution in [-0.2, 0) is 0 Å². The molecule has 5 rings (SSSR count). The van der Waals surface area contributed by atoms with Crippen LogP contribution in [-0.4, -0.2) is 29.9 Å². The minimum atomic E-state index is -0.591. The first-order chi connectivity index (χ1) is 16.1. The molecule has 2 N–H and O–H groups in total. The molecule has 0 radical (unpaired) electrons. The largest absolute Gasteiger partial charge is 0.345 e. The third-order valence-corrected chi connectivity index (χ3v) is 8.06. The van der Waals surface area contributed by atoms with E-state index >= 15 is 0 Å². The highest BCUT2D eigenvalue weighted by molar-refractivity contribution is 8.02. The summed E-state index contributed by atoms with van der Waals surface area (Å²) in [5, 5.41) is 31.4. The zero-order valence-corrected chi connectivity index (χ0v) is 19.1. The minimum Gasteiger partial charge on any atom is -0.345 e. The molecule has 13 heteroatoms. The van der Waals surface area contributed by atoms with E-state index in [-0.39, 0.29) is 10.5 Å². The van der Waals surface area contributed by atoms with E-state index in [1.54, 1.807) is 16.9 Å². The maximum absolute atomic E-state index is 11.9. The third-order valence-electron chi connectivity index (χ3n) is 4.65. The van der Waals surface area contributed by atoms with E-state index in [1.807, 2.05) is 48.5 Å². The summed E-state index contributed by atoms with van der Waals surface area (Å²) >= 11 is 1.18. The van der Waals surface area contributed by atoms with Crippen molar-refractivity contribution in [3.63, 3.8) is 0 Å². The van der Waals surface area contributed by atoms with Crippen molar-refractivity contribution in [1.29, 1.82) is 5.41 Å². The molecular weight excluding hydrogens is 480 g/mol. The van der Waals surface area contributed by atoms with Crippen molar-refractivity contribution in [3.8, 4) is 0 Å². The summed E-state index contributed by atoms with van der Waals surface area (Å²) in [5.74, 6) is 0.593. The van der Waals surface area contributed by atoms with E-state index in [2.05, 4.69) is 25.6 Å². The fraction of sp³-hybridized carbons (Fsp3) is 0.0500. The molecule has 0 spiro atoms. The predicted molar refractivity (Wildman–Crippen MR) is 127 cm³/mol. The molecule has 3 aromatic heterocycles. The van der Waals surface area contributed by atoms with Crippen molar-refractivity contribution in [1.82, 2.24) is 25.0 Å². The Labute approximate surface area is 198 Å². The number of benzene rings is 2. The SMILES string of the molecule is N=c1nc(Sc2ccc(C(Nc3ccccn3)n3nnc4ccccc43)cc2[N+](=O)[O-])ss1. The molecule has 0 saturated heterocycles. The molecule has 164 valence electrons. The topological polar surface area (TPSA) is 136 Å². The van der Waals surface area contributed by atoms with Gasteiger partial charge in [-0.25, -0.2) is 14.6 Å². The number of nitro benzene ring substituents is 1. The Hall–Kier alpha value is -3.68. The highest BCUT2D eigenvalue weighted by Crippen LogP contribution is 2.38. The van der Waals surface area contributed by atoms with Crippen molar-refractivity contribution in [2.75, 3.05) is 5.32 Å². The van der Waals surface area contributed by atoms with Gasteiger partial charge in [-0.15, -0.1) is 5.10 Å². The Morgan fingerprint density at radius 2 is 1.97 bits per heavy atom. The second kappa shape index (κ2) is 9.05. The van der Waals surface area contributed by atoms with Crippen LogP contribution in [0.1, 0.15) is 11.7 Å². The molecule has 0 aliphatic carbocycles. The number of pyridine rings is 1. The highest BCUT2D eigenvalue weighted by atomic mass is 32.9. The molecular formula is C20H14N8O2S3. The van der Waals surface area contributed by atoms with Crippen molar-refractivity contribution in [2.24, 2.45) is 0 Å². The van der Waals surface area contributed by atoms with E-state index in [0.717, 1.165) is 5.52 Å². The average molecular weight is 495 g/mol. The van der Waals surface area contributed by atoms with E-state index in [1.165, 1.54) is 38.5 Å². The van der Waals surface area contributed by atoms with Gasteiger partial charge in [-0.1, -0.05) is 41.2 Å². The van der Waals surface area contributed by atoms with Crippen molar-refractivity contribution in [2.45, 2.75) is 15.4 Å². The van der Waals surface area contributed by atoms with Gasteiger partial charge in [0.1, 0.15) is 17.5 Å². The lowest BCUT2D eigenvalue weighted by atomic mass is 10.1. The average Bonchev–Trinajstić information content (AvgIpc) is 3.44. The van der Waals surface area contributed by atoms with Gasteiger partial charge in [0.15, 0.2) is 4.34 Å². The summed E-state index contributed by atoms with van der Waals surface area (Å²) < 4.78 is 2.27. The summed E-state index contributed by atoms with van der Waals surface area (Å²) in [6.07, 6.45) is 1.07. The predicted octanol–water partition coefficient (Wildman–Crippen LogP) is 4.54. The maximum Gasteiger partial charge on any atom is 0.283 e. The minimum absolute atomic E-state index is 0.0542. The molecule has 5 aromatic rings. The molecule has 2 aromatic carbocycles. The van der Waals surface area contributed by atoms with E-state index in [4.69, 9.17) is 5.41 Å². The molecule has 1 atom stereocenters. The number of hydrogen-bond acceptors (Lipinski definition) is 11. The quantitative estimate of drug-likeness (QED) is 0.191. The first-order valence-electron chi connectivity index (χ1n) is 9.54. The maximum atomic E-state index is 11.9. The summed E-state index contributed by atoms with van der Waals surface area (Å²) in [6.45, 7) is 0. The van der Waals surface area contributed by atoms with Gasteiger partial charge in [-0.05, 0) is 51.0 Å². The van der Waals surface area contributed by atoms with Crippen molar-refractivity contribution < 1.29 is 4.92 Å². The van der Waals surface area contributed by atoms with Crippen LogP contribution in [0.3, 0.4) is 0 Å². The van der Waals surface area contributed by atoms with Crippen molar-refractivity contribution in [3.05, 3.63) is 87.3 Å². The number of nitro groups is 1. The van der Waals surface area contributed by atoms with Crippen LogP contribution >= 0.6 is 32.4 Å². The summed E-state index contributed by atoms with van der Waals surface area (Å²) in [7, 11) is 2.53. The van der Waals surface area contributed by atoms with Crippen molar-refractivity contribution >= 4 is 55.0 Å². The van der Waals surface area contributed by atoms with E-state index in [9.17, 15) is 10.1 Å². The lowest BCUT2D eigenvalue weighted by molar-refractivity contribution is -0.387. The van der Waals surface area contributed by atoms with Crippen LogP contribution in [0, 0.1) is 15.5 Å². The number of para-hydroxylation sites is 1. The summed E-state index contributed by atoms with van der Waals surface area (Å²) in [6, 6.07) is 18.0. The number of fused-ring (bicyclic) bond motifs is 1. The Morgan fingerprint density at radius 3 is 2.73 bits per heavy atom. The van der Waals surface area contributed by atoms with Gasteiger partial charge >= 0.3 is 0 Å². The number of anilines is 1. The lowest BCUT2D eigenvalue weighted by Gasteiger charge is -2.21. The fourth-order valence-electron chi connectivity index (χ4n) is 3.21. The molecule has 0 aliphatic heterocycles. The van der Waals surface area contributed by atoms with E-state index < -0.39 is 11.1 Å². The summed E-state index contributed by atoms with van der Waals surface area (Å²) in [4.78, 5) is 20.6. The van der Waals surface area contributed by atoms with Gasteiger partial charge in [0, 0.05) is 17.8 Å². The Balaban J connectivity index is 1.60. The number of hydrogen-bond donors (Lipinski definition) is 2. The first kappa shape index (κ1) is 21.2. The smallest absolute Gasteiger partial charge is 0.283 e. The number of aromatic nitrogens is 5. The third kappa shape index (κ3) is 4.46. The Bertz CT molecular complexity index is 1500.